The van der Waals surface area contributed by atoms with Gasteiger partial charge in [0.15, 0.2) is 0 Å². The summed E-state index contributed by atoms with van der Waals surface area (Å²) in [6.45, 7) is 4.11. The molecule has 0 atom stereocenters. The molecule has 0 saturated heterocycles. The normalized spacial score (nSPS) is 10.5. The maximum absolute atomic E-state index is 4.79. The molecule has 3 rings (SSSR count). The van der Waals surface area contributed by atoms with Gasteiger partial charge in [0, 0.05) is 11.3 Å². The summed E-state index contributed by atoms with van der Waals surface area (Å²) in [6, 6.07) is 20.3. The number of nitrogens with one attached hydrogen (secondary N) is 1. The molecule has 110 valence electrons. The van der Waals surface area contributed by atoms with Gasteiger partial charge in [0.05, 0.1) is 17.1 Å². The lowest BCUT2D eigenvalue weighted by Gasteiger charge is -2.12. The van der Waals surface area contributed by atoms with Crippen LogP contribution in [-0.4, -0.2) is 9.97 Å². The van der Waals surface area contributed by atoms with Crippen molar-refractivity contribution in [1.29, 1.82) is 0 Å². The quantitative estimate of drug-likeness (QED) is 0.752. The first-order chi connectivity index (χ1) is 10.8. The summed E-state index contributed by atoms with van der Waals surface area (Å²) in [7, 11) is 0. The van der Waals surface area contributed by atoms with Crippen LogP contribution in [0.25, 0.3) is 11.3 Å². The third kappa shape index (κ3) is 3.14. The molecule has 2 aromatic heterocycles. The van der Waals surface area contributed by atoms with Crippen LogP contribution in [-0.2, 0) is 6.42 Å². The lowest BCUT2D eigenvalue weighted by Crippen LogP contribution is -2.01. The predicted octanol–water partition coefficient (Wildman–Crippen LogP) is 4.76. The van der Waals surface area contributed by atoms with Crippen LogP contribution >= 0.6 is 0 Å². The van der Waals surface area contributed by atoms with E-state index < -0.39 is 0 Å². The van der Waals surface area contributed by atoms with Crippen molar-refractivity contribution in [2.45, 2.75) is 20.3 Å². The van der Waals surface area contributed by atoms with Crippen molar-refractivity contribution >= 4 is 11.5 Å². The summed E-state index contributed by atoms with van der Waals surface area (Å²) < 4.78 is 0. The fraction of sp³-hybridized carbons (Fsp3) is 0.158. The molecular formula is C19H19N3. The number of aryl methyl sites for hydroxylation is 2. The SMILES string of the molecule is CCc1nc(-c2ccccc2)ccc1Nc1cccc(C)n1. The monoisotopic (exact) mass is 289 g/mol. The van der Waals surface area contributed by atoms with Gasteiger partial charge in [-0.05, 0) is 37.6 Å². The van der Waals surface area contributed by atoms with Gasteiger partial charge in [0.25, 0.3) is 0 Å². The van der Waals surface area contributed by atoms with Crippen LogP contribution in [0, 0.1) is 6.92 Å². The Morgan fingerprint density at radius 2 is 1.68 bits per heavy atom. The summed E-state index contributed by atoms with van der Waals surface area (Å²) in [5, 5.41) is 3.37. The van der Waals surface area contributed by atoms with E-state index in [4.69, 9.17) is 4.98 Å². The molecule has 3 heteroatoms. The highest BCUT2D eigenvalue weighted by Gasteiger charge is 2.07. The summed E-state index contributed by atoms with van der Waals surface area (Å²) >= 11 is 0. The van der Waals surface area contributed by atoms with E-state index in [-0.39, 0.29) is 0 Å². The molecule has 1 aromatic carbocycles. The van der Waals surface area contributed by atoms with E-state index in [0.717, 1.165) is 40.6 Å². The average molecular weight is 289 g/mol. The van der Waals surface area contributed by atoms with E-state index in [1.165, 1.54) is 0 Å². The number of anilines is 2. The fourth-order valence-corrected chi connectivity index (χ4v) is 2.41. The van der Waals surface area contributed by atoms with E-state index >= 15 is 0 Å². The number of rotatable bonds is 4. The first-order valence-electron chi connectivity index (χ1n) is 7.52. The molecule has 2 heterocycles. The third-order valence-electron chi connectivity index (χ3n) is 3.53. The molecule has 22 heavy (non-hydrogen) atoms. The fourth-order valence-electron chi connectivity index (χ4n) is 2.41. The second-order valence-electron chi connectivity index (χ2n) is 5.20. The van der Waals surface area contributed by atoms with Crippen LogP contribution in [0.1, 0.15) is 18.3 Å². The number of hydrogen-bond acceptors (Lipinski definition) is 3. The molecule has 0 fully saturated rings. The van der Waals surface area contributed by atoms with Gasteiger partial charge >= 0.3 is 0 Å². The van der Waals surface area contributed by atoms with Crippen molar-refractivity contribution in [3.8, 4) is 11.3 Å². The molecule has 0 aliphatic rings. The molecule has 1 N–H and O–H groups in total. The minimum absolute atomic E-state index is 0.851. The van der Waals surface area contributed by atoms with Gasteiger partial charge in [-0.15, -0.1) is 0 Å². The maximum Gasteiger partial charge on any atom is 0.130 e. The first-order valence-corrected chi connectivity index (χ1v) is 7.52. The Hall–Kier alpha value is -2.68. The Bertz CT molecular complexity index is 767. The summed E-state index contributed by atoms with van der Waals surface area (Å²) in [5.74, 6) is 0.851. The molecule has 0 aliphatic carbocycles. The van der Waals surface area contributed by atoms with Crippen molar-refractivity contribution < 1.29 is 0 Å². The molecule has 0 bridgehead atoms. The maximum atomic E-state index is 4.79. The van der Waals surface area contributed by atoms with Gasteiger partial charge in [0.1, 0.15) is 5.82 Å². The second kappa shape index (κ2) is 6.39. The average Bonchev–Trinajstić information content (AvgIpc) is 2.56. The van der Waals surface area contributed by atoms with Crippen LogP contribution in [0.5, 0.6) is 0 Å². The molecule has 0 radical (unpaired) electrons. The smallest absolute Gasteiger partial charge is 0.130 e. The largest absolute Gasteiger partial charge is 0.339 e. The highest BCUT2D eigenvalue weighted by atomic mass is 15.0. The number of benzene rings is 1. The summed E-state index contributed by atoms with van der Waals surface area (Å²) in [4.78, 5) is 9.28. The minimum Gasteiger partial charge on any atom is -0.339 e. The van der Waals surface area contributed by atoms with Crippen molar-refractivity contribution in [2.75, 3.05) is 5.32 Å². The van der Waals surface area contributed by atoms with Gasteiger partial charge in [-0.3, -0.25) is 4.98 Å². The van der Waals surface area contributed by atoms with E-state index in [1.54, 1.807) is 0 Å². The molecule has 3 nitrogen and oxygen atoms in total. The standard InChI is InChI=1S/C19H19N3/c1-3-16-18(22-19-11-7-8-14(2)20-19)13-12-17(21-16)15-9-5-4-6-10-15/h4-13H,3H2,1-2H3,(H,20,22). The van der Waals surface area contributed by atoms with Gasteiger partial charge < -0.3 is 5.32 Å². The van der Waals surface area contributed by atoms with E-state index in [1.807, 2.05) is 49.4 Å². The van der Waals surface area contributed by atoms with Crippen molar-refractivity contribution in [1.82, 2.24) is 9.97 Å². The van der Waals surface area contributed by atoms with Crippen LogP contribution < -0.4 is 5.32 Å². The molecule has 0 saturated carbocycles. The van der Waals surface area contributed by atoms with Crippen molar-refractivity contribution in [3.05, 3.63) is 72.1 Å². The summed E-state index contributed by atoms with van der Waals surface area (Å²) in [6.07, 6.45) is 0.870. The van der Waals surface area contributed by atoms with Gasteiger partial charge in [-0.1, -0.05) is 43.3 Å². The van der Waals surface area contributed by atoms with E-state index in [9.17, 15) is 0 Å². The number of nitrogens with zero attached hydrogens (tertiary/aromatic N) is 2. The van der Waals surface area contributed by atoms with Crippen molar-refractivity contribution in [3.63, 3.8) is 0 Å². The van der Waals surface area contributed by atoms with E-state index in [0.29, 0.717) is 0 Å². The third-order valence-corrected chi connectivity index (χ3v) is 3.53. The number of pyridine rings is 2. The Balaban J connectivity index is 1.93. The second-order valence-corrected chi connectivity index (χ2v) is 5.20. The molecule has 0 amide bonds. The molecule has 3 aromatic rings. The Morgan fingerprint density at radius 3 is 2.41 bits per heavy atom. The Morgan fingerprint density at radius 1 is 0.864 bits per heavy atom. The molecule has 0 aliphatic heterocycles. The lowest BCUT2D eigenvalue weighted by molar-refractivity contribution is 1.04. The molecular weight excluding hydrogens is 270 g/mol. The number of aromatic nitrogens is 2. The minimum atomic E-state index is 0.851. The van der Waals surface area contributed by atoms with Crippen LogP contribution in [0.2, 0.25) is 0 Å². The topological polar surface area (TPSA) is 37.8 Å². The van der Waals surface area contributed by atoms with Crippen LogP contribution in [0.3, 0.4) is 0 Å². The lowest BCUT2D eigenvalue weighted by atomic mass is 10.1. The molecule has 0 unspecified atom stereocenters. The van der Waals surface area contributed by atoms with Gasteiger partial charge in [0.2, 0.25) is 0 Å². The van der Waals surface area contributed by atoms with Crippen LogP contribution in [0.4, 0.5) is 11.5 Å². The predicted molar refractivity (Wildman–Crippen MR) is 91.3 cm³/mol. The van der Waals surface area contributed by atoms with E-state index in [2.05, 4.69) is 35.4 Å². The first kappa shape index (κ1) is 14.3. The molecule has 0 spiro atoms. The zero-order valence-electron chi connectivity index (χ0n) is 12.9. The number of hydrogen-bond donors (Lipinski definition) is 1. The van der Waals surface area contributed by atoms with Gasteiger partial charge in [-0.25, -0.2) is 4.98 Å². The zero-order chi connectivity index (χ0) is 15.4. The zero-order valence-corrected chi connectivity index (χ0v) is 12.9. The highest BCUT2D eigenvalue weighted by molar-refractivity contribution is 5.65. The highest BCUT2D eigenvalue weighted by Crippen LogP contribution is 2.24. The Labute approximate surface area is 131 Å². The van der Waals surface area contributed by atoms with Gasteiger partial charge in [-0.2, -0.15) is 0 Å². The van der Waals surface area contributed by atoms with Crippen molar-refractivity contribution in [2.24, 2.45) is 0 Å². The summed E-state index contributed by atoms with van der Waals surface area (Å²) in [5.41, 5.74) is 5.19. The Kier molecular flexibility index (Phi) is 4.15. The van der Waals surface area contributed by atoms with Crippen LogP contribution in [0.15, 0.2) is 60.7 Å².